The Kier molecular flexibility index (Phi) is 3.09. The van der Waals surface area contributed by atoms with Gasteiger partial charge >= 0.3 is 0 Å². The second kappa shape index (κ2) is 4.39. The maximum atomic E-state index is 12.2. The summed E-state index contributed by atoms with van der Waals surface area (Å²) >= 11 is 0. The normalized spacial score (nSPS) is 32.2. The van der Waals surface area contributed by atoms with E-state index in [1.807, 2.05) is 6.92 Å². The number of unbranched alkanes of at least 4 members (excludes halogenated alkanes) is 1. The molecule has 3 atom stereocenters. The maximum Gasteiger partial charge on any atom is 0.251 e. The van der Waals surface area contributed by atoms with Gasteiger partial charge in [0.2, 0.25) is 5.91 Å². The van der Waals surface area contributed by atoms with Gasteiger partial charge in [-0.3, -0.25) is 14.4 Å². The molecule has 92 valence electrons. The van der Waals surface area contributed by atoms with Gasteiger partial charge in [-0.1, -0.05) is 26.7 Å². The minimum absolute atomic E-state index is 0.140. The number of rotatable bonds is 3. The Labute approximate surface area is 99.7 Å². The lowest BCUT2D eigenvalue weighted by Gasteiger charge is -2.27. The van der Waals surface area contributed by atoms with Crippen LogP contribution < -0.4 is 5.32 Å². The number of carbonyl (C=O) groups is 3. The number of ketones is 1. The minimum Gasteiger partial charge on any atom is -0.313 e. The molecule has 1 fully saturated rings. The van der Waals surface area contributed by atoms with Crippen LogP contribution in [0.3, 0.4) is 0 Å². The molecule has 2 heterocycles. The standard InChI is InChI=1S/C12H16N2O3/c1-3-4-5-7-9(15)8-6(2)11(16)13-10(8)14-12(7)17/h6-8H,3-5H2,1-2H3,(H,13,14,16,17). The summed E-state index contributed by atoms with van der Waals surface area (Å²) in [6.45, 7) is 3.70. The third-order valence-corrected chi connectivity index (χ3v) is 3.48. The van der Waals surface area contributed by atoms with Gasteiger partial charge in [-0.15, -0.1) is 0 Å². The highest BCUT2D eigenvalue weighted by Crippen LogP contribution is 2.30. The van der Waals surface area contributed by atoms with Crippen LogP contribution >= 0.6 is 0 Å². The van der Waals surface area contributed by atoms with Gasteiger partial charge < -0.3 is 5.32 Å². The number of carbonyl (C=O) groups excluding carboxylic acids is 3. The molecule has 5 nitrogen and oxygen atoms in total. The summed E-state index contributed by atoms with van der Waals surface area (Å²) < 4.78 is 0. The van der Waals surface area contributed by atoms with E-state index in [0.29, 0.717) is 6.42 Å². The molecule has 2 aliphatic rings. The summed E-state index contributed by atoms with van der Waals surface area (Å²) in [6.07, 6.45) is 2.34. The molecule has 0 spiro atoms. The largest absolute Gasteiger partial charge is 0.313 e. The van der Waals surface area contributed by atoms with Crippen molar-refractivity contribution in [1.29, 1.82) is 0 Å². The van der Waals surface area contributed by atoms with Gasteiger partial charge in [0.1, 0.15) is 5.84 Å². The van der Waals surface area contributed by atoms with E-state index < -0.39 is 17.8 Å². The van der Waals surface area contributed by atoms with Crippen molar-refractivity contribution in [2.45, 2.75) is 33.1 Å². The molecule has 1 N–H and O–H groups in total. The molecular weight excluding hydrogens is 220 g/mol. The number of nitrogens with zero attached hydrogens (tertiary/aromatic N) is 1. The fourth-order valence-electron chi connectivity index (χ4n) is 2.40. The first-order valence-electron chi connectivity index (χ1n) is 6.03. The van der Waals surface area contributed by atoms with Gasteiger partial charge in [0, 0.05) is 0 Å². The Bertz CT molecular complexity index is 414. The van der Waals surface area contributed by atoms with Crippen molar-refractivity contribution in [3.8, 4) is 0 Å². The number of amides is 2. The molecule has 0 aromatic carbocycles. The third-order valence-electron chi connectivity index (χ3n) is 3.48. The lowest BCUT2D eigenvalue weighted by Crippen LogP contribution is -2.52. The molecule has 2 aliphatic heterocycles. The molecule has 0 bridgehead atoms. The molecule has 0 aromatic rings. The molecule has 0 aliphatic carbocycles. The SMILES string of the molecule is CCCCC1C(=O)NC2=NC(=O)C(C)C2C1=O. The summed E-state index contributed by atoms with van der Waals surface area (Å²) in [7, 11) is 0. The summed E-state index contributed by atoms with van der Waals surface area (Å²) in [6, 6.07) is 0. The Morgan fingerprint density at radius 1 is 1.29 bits per heavy atom. The van der Waals surface area contributed by atoms with Gasteiger partial charge in [0.25, 0.3) is 5.91 Å². The third kappa shape index (κ3) is 1.90. The van der Waals surface area contributed by atoms with Crippen LogP contribution in [0.5, 0.6) is 0 Å². The van der Waals surface area contributed by atoms with Crippen molar-refractivity contribution in [2.75, 3.05) is 0 Å². The van der Waals surface area contributed by atoms with E-state index in [9.17, 15) is 14.4 Å². The van der Waals surface area contributed by atoms with Crippen molar-refractivity contribution >= 4 is 23.4 Å². The number of amidine groups is 1. The van der Waals surface area contributed by atoms with Gasteiger partial charge in [-0.25, -0.2) is 0 Å². The number of fused-ring (bicyclic) bond motifs is 1. The fourth-order valence-corrected chi connectivity index (χ4v) is 2.40. The van der Waals surface area contributed by atoms with Crippen LogP contribution in [0.25, 0.3) is 0 Å². The summed E-state index contributed by atoms with van der Waals surface area (Å²) in [5.74, 6) is -2.06. The topological polar surface area (TPSA) is 75.6 Å². The summed E-state index contributed by atoms with van der Waals surface area (Å²) in [5, 5.41) is 2.60. The maximum absolute atomic E-state index is 12.2. The van der Waals surface area contributed by atoms with E-state index in [-0.39, 0.29) is 23.4 Å². The molecule has 0 saturated carbocycles. The molecule has 5 heteroatoms. The van der Waals surface area contributed by atoms with Crippen LogP contribution in [-0.4, -0.2) is 23.4 Å². The number of aliphatic imine (C=N–C) groups is 1. The predicted molar refractivity (Wildman–Crippen MR) is 61.3 cm³/mol. The van der Waals surface area contributed by atoms with E-state index in [1.165, 1.54) is 0 Å². The van der Waals surface area contributed by atoms with Crippen LogP contribution in [0.4, 0.5) is 0 Å². The van der Waals surface area contributed by atoms with Crippen molar-refractivity contribution in [3.05, 3.63) is 0 Å². The average Bonchev–Trinajstić information content (AvgIpc) is 2.54. The lowest BCUT2D eigenvalue weighted by molar-refractivity contribution is -0.138. The Morgan fingerprint density at radius 2 is 2.00 bits per heavy atom. The highest BCUT2D eigenvalue weighted by atomic mass is 16.2. The zero-order valence-electron chi connectivity index (χ0n) is 10.0. The highest BCUT2D eigenvalue weighted by Gasteiger charge is 2.48. The van der Waals surface area contributed by atoms with E-state index in [0.717, 1.165) is 12.8 Å². The Hall–Kier alpha value is -1.52. The molecule has 17 heavy (non-hydrogen) atoms. The van der Waals surface area contributed by atoms with E-state index >= 15 is 0 Å². The van der Waals surface area contributed by atoms with Gasteiger partial charge in [0.15, 0.2) is 5.78 Å². The van der Waals surface area contributed by atoms with Crippen molar-refractivity contribution in [2.24, 2.45) is 22.7 Å². The fraction of sp³-hybridized carbons (Fsp3) is 0.667. The van der Waals surface area contributed by atoms with Crippen LogP contribution in [0.2, 0.25) is 0 Å². The number of nitrogens with one attached hydrogen (secondary N) is 1. The summed E-state index contributed by atoms with van der Waals surface area (Å²) in [4.78, 5) is 39.1. The molecule has 1 saturated heterocycles. The molecule has 2 rings (SSSR count). The van der Waals surface area contributed by atoms with E-state index in [1.54, 1.807) is 6.92 Å². The van der Waals surface area contributed by atoms with Gasteiger partial charge in [0.05, 0.1) is 17.8 Å². The van der Waals surface area contributed by atoms with Gasteiger partial charge in [-0.05, 0) is 6.42 Å². The zero-order valence-corrected chi connectivity index (χ0v) is 10.0. The first kappa shape index (κ1) is 12.0. The second-order valence-electron chi connectivity index (χ2n) is 4.69. The smallest absolute Gasteiger partial charge is 0.251 e. The molecule has 3 unspecified atom stereocenters. The molecule has 0 radical (unpaired) electrons. The monoisotopic (exact) mass is 236 g/mol. The zero-order chi connectivity index (χ0) is 12.6. The van der Waals surface area contributed by atoms with Crippen LogP contribution in [0.1, 0.15) is 33.1 Å². The summed E-state index contributed by atoms with van der Waals surface area (Å²) in [5.41, 5.74) is 0. The van der Waals surface area contributed by atoms with E-state index in [2.05, 4.69) is 10.3 Å². The van der Waals surface area contributed by atoms with Crippen molar-refractivity contribution in [1.82, 2.24) is 5.32 Å². The Balaban J connectivity index is 2.21. The number of piperidine rings is 1. The lowest BCUT2D eigenvalue weighted by atomic mass is 9.79. The molecular formula is C12H16N2O3. The van der Waals surface area contributed by atoms with Crippen molar-refractivity contribution < 1.29 is 14.4 Å². The number of hydrogen-bond acceptors (Lipinski definition) is 3. The first-order chi connectivity index (χ1) is 8.06. The van der Waals surface area contributed by atoms with Crippen LogP contribution in [0, 0.1) is 17.8 Å². The van der Waals surface area contributed by atoms with Crippen LogP contribution in [-0.2, 0) is 14.4 Å². The Morgan fingerprint density at radius 3 is 2.65 bits per heavy atom. The van der Waals surface area contributed by atoms with E-state index in [4.69, 9.17) is 0 Å². The van der Waals surface area contributed by atoms with Crippen molar-refractivity contribution in [3.63, 3.8) is 0 Å². The highest BCUT2D eigenvalue weighted by molar-refractivity contribution is 6.26. The predicted octanol–water partition coefficient (Wildman–Crippen LogP) is 0.683. The molecule has 2 amide bonds. The average molecular weight is 236 g/mol. The first-order valence-corrected chi connectivity index (χ1v) is 6.03. The quantitative estimate of drug-likeness (QED) is 0.732. The molecule has 0 aromatic heterocycles. The number of hydrogen-bond donors (Lipinski definition) is 1. The minimum atomic E-state index is -0.604. The van der Waals surface area contributed by atoms with Crippen LogP contribution in [0.15, 0.2) is 4.99 Å². The second-order valence-corrected chi connectivity index (χ2v) is 4.69. The number of Topliss-reactive ketones (excluding diaryl/α,β-unsaturated/α-hetero) is 1. The van der Waals surface area contributed by atoms with Gasteiger partial charge in [-0.2, -0.15) is 4.99 Å².